The van der Waals surface area contributed by atoms with E-state index in [4.69, 9.17) is 11.6 Å². The molecule has 0 radical (unpaired) electrons. The molecule has 0 spiro atoms. The van der Waals surface area contributed by atoms with Crippen LogP contribution in [0.25, 0.3) is 0 Å². The van der Waals surface area contributed by atoms with Crippen LogP contribution in [0.5, 0.6) is 0 Å². The average Bonchev–Trinajstić information content (AvgIpc) is 2.67. The lowest BCUT2D eigenvalue weighted by molar-refractivity contribution is 0.0951. The Hall–Kier alpha value is -1.89. The van der Waals surface area contributed by atoms with Crippen molar-refractivity contribution in [2.45, 2.75) is 31.2 Å². The third kappa shape index (κ3) is 4.69. The van der Waals surface area contributed by atoms with Gasteiger partial charge in [0.2, 0.25) is 10.0 Å². The molecular weight excluding hydrogens is 384 g/mol. The molecule has 2 aromatic carbocycles. The number of rotatable bonds is 5. The van der Waals surface area contributed by atoms with Gasteiger partial charge in [-0.05, 0) is 54.7 Å². The van der Waals surface area contributed by atoms with Crippen molar-refractivity contribution in [1.82, 2.24) is 9.62 Å². The zero-order valence-electron chi connectivity index (χ0n) is 15.2. The number of sulfonamides is 1. The molecule has 144 valence electrons. The van der Waals surface area contributed by atoms with Crippen LogP contribution in [0.1, 0.15) is 35.7 Å². The summed E-state index contributed by atoms with van der Waals surface area (Å²) in [5.74, 6) is 0.284. The molecule has 3 rings (SSSR count). The van der Waals surface area contributed by atoms with Gasteiger partial charge in [-0.1, -0.05) is 36.7 Å². The minimum Gasteiger partial charge on any atom is -0.348 e. The number of hydrogen-bond acceptors (Lipinski definition) is 3. The van der Waals surface area contributed by atoms with E-state index in [2.05, 4.69) is 12.2 Å². The van der Waals surface area contributed by atoms with Crippen LogP contribution >= 0.6 is 11.6 Å². The summed E-state index contributed by atoms with van der Waals surface area (Å²) in [6, 6.07) is 13.4. The van der Waals surface area contributed by atoms with Crippen LogP contribution in [0.4, 0.5) is 0 Å². The standard InChI is InChI=1S/C20H23ClN2O3S/c1-15-10-12-23(13-11-15)27(25,26)18-8-6-16(7-9-18)20(24)22-14-17-4-2-3-5-19(17)21/h2-9,15H,10-14H2,1H3,(H,22,24). The second kappa shape index (κ2) is 8.42. The first kappa shape index (κ1) is 19.9. The molecule has 1 amide bonds. The maximum atomic E-state index is 12.7. The van der Waals surface area contributed by atoms with Crippen molar-refractivity contribution in [2.24, 2.45) is 5.92 Å². The van der Waals surface area contributed by atoms with E-state index in [1.807, 2.05) is 18.2 Å². The normalized spacial score (nSPS) is 16.2. The highest BCUT2D eigenvalue weighted by Gasteiger charge is 2.28. The summed E-state index contributed by atoms with van der Waals surface area (Å²) in [4.78, 5) is 12.5. The van der Waals surface area contributed by atoms with Gasteiger partial charge < -0.3 is 5.32 Å². The Kier molecular flexibility index (Phi) is 6.19. The lowest BCUT2D eigenvalue weighted by Crippen LogP contribution is -2.37. The van der Waals surface area contributed by atoms with Gasteiger partial charge in [0.15, 0.2) is 0 Å². The molecule has 1 N–H and O–H groups in total. The van der Waals surface area contributed by atoms with Crippen LogP contribution in [0.2, 0.25) is 5.02 Å². The molecule has 5 nitrogen and oxygen atoms in total. The number of carbonyl (C=O) groups is 1. The van der Waals surface area contributed by atoms with E-state index in [-0.39, 0.29) is 10.8 Å². The van der Waals surface area contributed by atoms with Crippen molar-refractivity contribution in [3.8, 4) is 0 Å². The molecule has 7 heteroatoms. The molecule has 1 fully saturated rings. The van der Waals surface area contributed by atoms with Crippen LogP contribution < -0.4 is 5.32 Å². The smallest absolute Gasteiger partial charge is 0.251 e. The molecular formula is C20H23ClN2O3S. The number of halogens is 1. The van der Waals surface area contributed by atoms with Gasteiger partial charge in [0.05, 0.1) is 4.90 Å². The third-order valence-electron chi connectivity index (χ3n) is 4.89. The molecule has 0 unspecified atom stereocenters. The molecule has 27 heavy (non-hydrogen) atoms. The van der Waals surface area contributed by atoms with Crippen molar-refractivity contribution in [2.75, 3.05) is 13.1 Å². The lowest BCUT2D eigenvalue weighted by Gasteiger charge is -2.29. The SMILES string of the molecule is CC1CCN(S(=O)(=O)c2ccc(C(=O)NCc3ccccc3Cl)cc2)CC1. The molecule has 0 bridgehead atoms. The van der Waals surface area contributed by atoms with E-state index in [1.54, 1.807) is 18.2 Å². The zero-order valence-corrected chi connectivity index (χ0v) is 16.8. The number of piperidine rings is 1. The second-order valence-corrected chi connectivity index (χ2v) is 9.23. The van der Waals surface area contributed by atoms with Crippen LogP contribution in [-0.4, -0.2) is 31.7 Å². The summed E-state index contributed by atoms with van der Waals surface area (Å²) < 4.78 is 27.0. The molecule has 1 aliphatic heterocycles. The van der Waals surface area contributed by atoms with E-state index in [9.17, 15) is 13.2 Å². The van der Waals surface area contributed by atoms with Crippen molar-refractivity contribution in [3.63, 3.8) is 0 Å². The molecule has 0 aliphatic carbocycles. The first-order chi connectivity index (χ1) is 12.9. The van der Waals surface area contributed by atoms with Gasteiger partial charge in [0.1, 0.15) is 0 Å². The van der Waals surface area contributed by atoms with Gasteiger partial charge in [-0.25, -0.2) is 8.42 Å². The van der Waals surface area contributed by atoms with E-state index >= 15 is 0 Å². The van der Waals surface area contributed by atoms with Crippen LogP contribution in [0, 0.1) is 5.92 Å². The zero-order chi connectivity index (χ0) is 19.4. The van der Waals surface area contributed by atoms with Crippen molar-refractivity contribution < 1.29 is 13.2 Å². The fourth-order valence-electron chi connectivity index (χ4n) is 3.07. The highest BCUT2D eigenvalue weighted by Crippen LogP contribution is 2.23. The Bertz CT molecular complexity index is 905. The molecule has 0 aromatic heterocycles. The predicted octanol–water partition coefficient (Wildman–Crippen LogP) is 3.69. The quantitative estimate of drug-likeness (QED) is 0.823. The highest BCUT2D eigenvalue weighted by atomic mass is 35.5. The van der Waals surface area contributed by atoms with Gasteiger partial charge in [0.25, 0.3) is 5.91 Å². The number of hydrogen-bond donors (Lipinski definition) is 1. The molecule has 1 aliphatic rings. The predicted molar refractivity (Wildman–Crippen MR) is 106 cm³/mol. The Morgan fingerprint density at radius 3 is 2.37 bits per heavy atom. The van der Waals surface area contributed by atoms with Gasteiger partial charge in [-0.15, -0.1) is 0 Å². The average molecular weight is 407 g/mol. The Morgan fingerprint density at radius 2 is 1.74 bits per heavy atom. The molecule has 1 heterocycles. The first-order valence-corrected chi connectivity index (χ1v) is 10.8. The first-order valence-electron chi connectivity index (χ1n) is 9.00. The molecule has 2 aromatic rings. The Morgan fingerprint density at radius 1 is 1.11 bits per heavy atom. The summed E-state index contributed by atoms with van der Waals surface area (Å²) in [6.07, 6.45) is 1.75. The third-order valence-corrected chi connectivity index (χ3v) is 7.18. The molecule has 0 atom stereocenters. The van der Waals surface area contributed by atoms with Crippen LogP contribution in [-0.2, 0) is 16.6 Å². The van der Waals surface area contributed by atoms with E-state index in [1.165, 1.54) is 16.4 Å². The summed E-state index contributed by atoms with van der Waals surface area (Å²) in [6.45, 7) is 3.54. The maximum Gasteiger partial charge on any atom is 0.251 e. The van der Waals surface area contributed by atoms with Gasteiger partial charge in [-0.3, -0.25) is 4.79 Å². The summed E-state index contributed by atoms with van der Waals surface area (Å²) in [7, 11) is -3.50. The monoisotopic (exact) mass is 406 g/mol. The van der Waals surface area contributed by atoms with Crippen molar-refractivity contribution in [1.29, 1.82) is 0 Å². The summed E-state index contributed by atoms with van der Waals surface area (Å²) in [5.41, 5.74) is 1.24. The van der Waals surface area contributed by atoms with Crippen molar-refractivity contribution in [3.05, 3.63) is 64.7 Å². The Labute approximate surface area is 165 Å². The van der Waals surface area contributed by atoms with Gasteiger partial charge >= 0.3 is 0 Å². The summed E-state index contributed by atoms with van der Waals surface area (Å²) >= 11 is 6.08. The number of amides is 1. The number of carbonyl (C=O) groups excluding carboxylic acids is 1. The second-order valence-electron chi connectivity index (χ2n) is 6.89. The number of nitrogens with one attached hydrogen (secondary N) is 1. The lowest BCUT2D eigenvalue weighted by atomic mass is 10.0. The van der Waals surface area contributed by atoms with Gasteiger partial charge in [-0.2, -0.15) is 4.31 Å². The van der Waals surface area contributed by atoms with Gasteiger partial charge in [0, 0.05) is 30.2 Å². The van der Waals surface area contributed by atoms with Crippen LogP contribution in [0.15, 0.2) is 53.4 Å². The topological polar surface area (TPSA) is 66.5 Å². The minimum absolute atomic E-state index is 0.222. The number of nitrogens with zero attached hydrogens (tertiary/aromatic N) is 1. The molecule has 1 saturated heterocycles. The van der Waals surface area contributed by atoms with Crippen LogP contribution in [0.3, 0.4) is 0 Å². The maximum absolute atomic E-state index is 12.7. The Balaban J connectivity index is 1.66. The molecule has 0 saturated carbocycles. The van der Waals surface area contributed by atoms with E-state index in [0.717, 1.165) is 18.4 Å². The van der Waals surface area contributed by atoms with Crippen molar-refractivity contribution >= 4 is 27.5 Å². The fourth-order valence-corrected chi connectivity index (χ4v) is 4.74. The fraction of sp³-hybridized carbons (Fsp3) is 0.350. The largest absolute Gasteiger partial charge is 0.348 e. The van der Waals surface area contributed by atoms with E-state index < -0.39 is 10.0 Å². The highest BCUT2D eigenvalue weighted by molar-refractivity contribution is 7.89. The minimum atomic E-state index is -3.50. The number of benzene rings is 2. The van der Waals surface area contributed by atoms with E-state index in [0.29, 0.717) is 36.1 Å². The summed E-state index contributed by atoms with van der Waals surface area (Å²) in [5, 5.41) is 3.39.